The average molecular weight is 370 g/mol. The fourth-order valence-electron chi connectivity index (χ4n) is 2.26. The SMILES string of the molecule is O=Cc1ccc(C(c2ccc(C=O)[nH]2)C(F)(F)C(F)(F)C(F)(F)F)[nH]1. The zero-order chi connectivity index (χ0) is 19.0. The van der Waals surface area contributed by atoms with E-state index in [1.165, 1.54) is 0 Å². The molecule has 2 aromatic heterocycles. The van der Waals surface area contributed by atoms with Crippen molar-refractivity contribution in [2.45, 2.75) is 23.9 Å². The molecular formula is C14H9F7N2O2. The van der Waals surface area contributed by atoms with Crippen molar-refractivity contribution in [3.63, 3.8) is 0 Å². The summed E-state index contributed by atoms with van der Waals surface area (Å²) >= 11 is 0. The fourth-order valence-corrected chi connectivity index (χ4v) is 2.26. The first kappa shape index (κ1) is 18.7. The number of rotatable bonds is 6. The minimum Gasteiger partial charge on any atom is -0.355 e. The monoisotopic (exact) mass is 370 g/mol. The van der Waals surface area contributed by atoms with Crippen LogP contribution < -0.4 is 0 Å². The number of aromatic amines is 2. The molecule has 0 aliphatic rings. The molecule has 25 heavy (non-hydrogen) atoms. The van der Waals surface area contributed by atoms with Crippen molar-refractivity contribution in [1.82, 2.24) is 9.97 Å². The van der Waals surface area contributed by atoms with Crippen LogP contribution >= 0.6 is 0 Å². The minimum atomic E-state index is -6.52. The molecule has 0 atom stereocenters. The number of aromatic nitrogens is 2. The molecule has 136 valence electrons. The molecular weight excluding hydrogens is 361 g/mol. The van der Waals surface area contributed by atoms with Crippen LogP contribution in [0.5, 0.6) is 0 Å². The van der Waals surface area contributed by atoms with E-state index in [2.05, 4.69) is 9.97 Å². The lowest BCUT2D eigenvalue weighted by Crippen LogP contribution is -2.55. The van der Waals surface area contributed by atoms with Crippen molar-refractivity contribution >= 4 is 12.6 Å². The highest BCUT2D eigenvalue weighted by Crippen LogP contribution is 2.54. The number of carbonyl (C=O) groups excluding carboxylic acids is 2. The number of H-pyrrole nitrogens is 2. The summed E-state index contributed by atoms with van der Waals surface area (Å²) in [7, 11) is 0. The molecule has 0 spiro atoms. The molecule has 2 rings (SSSR count). The van der Waals surface area contributed by atoms with E-state index in [1.807, 2.05) is 0 Å². The molecule has 0 aliphatic carbocycles. The Morgan fingerprint density at radius 2 is 1.16 bits per heavy atom. The third kappa shape index (κ3) is 3.05. The molecule has 0 unspecified atom stereocenters. The standard InChI is InChI=1S/C14H9F7N2O2/c15-12(16,13(17,18)14(19,20)21)11(9-3-1-7(5-24)22-9)10-4-2-8(6-25)23-10/h1-6,11,22-23H. The number of carbonyl (C=O) groups is 2. The minimum absolute atomic E-state index is 0.173. The molecule has 0 bridgehead atoms. The average Bonchev–Trinajstić information content (AvgIpc) is 3.15. The summed E-state index contributed by atoms with van der Waals surface area (Å²) in [6, 6.07) is 3.47. The molecule has 0 amide bonds. The lowest BCUT2D eigenvalue weighted by Gasteiger charge is -2.33. The van der Waals surface area contributed by atoms with Crippen molar-refractivity contribution in [1.29, 1.82) is 0 Å². The van der Waals surface area contributed by atoms with Gasteiger partial charge in [-0.05, 0) is 24.3 Å². The Labute approximate surface area is 135 Å². The van der Waals surface area contributed by atoms with Gasteiger partial charge in [-0.2, -0.15) is 30.7 Å². The summed E-state index contributed by atoms with van der Waals surface area (Å²) in [6.07, 6.45) is -6.17. The van der Waals surface area contributed by atoms with Crippen molar-refractivity contribution in [2.24, 2.45) is 0 Å². The number of halogens is 7. The molecule has 0 saturated heterocycles. The van der Waals surface area contributed by atoms with Crippen molar-refractivity contribution in [3.8, 4) is 0 Å². The summed E-state index contributed by atoms with van der Waals surface area (Å²) in [5.74, 6) is -14.8. The van der Waals surface area contributed by atoms with Crippen LogP contribution in [0, 0.1) is 0 Å². The maximum atomic E-state index is 14.3. The topological polar surface area (TPSA) is 65.7 Å². The van der Waals surface area contributed by atoms with Gasteiger partial charge in [0.1, 0.15) is 5.92 Å². The van der Waals surface area contributed by atoms with Crippen LogP contribution in [0.2, 0.25) is 0 Å². The van der Waals surface area contributed by atoms with Gasteiger partial charge >= 0.3 is 18.0 Å². The fraction of sp³-hybridized carbons (Fsp3) is 0.286. The second kappa shape index (κ2) is 6.05. The number of alkyl halides is 7. The first-order valence-electron chi connectivity index (χ1n) is 6.56. The third-order valence-corrected chi connectivity index (χ3v) is 3.48. The normalized spacial score (nSPS) is 13.3. The highest BCUT2D eigenvalue weighted by molar-refractivity contribution is 5.73. The van der Waals surface area contributed by atoms with Crippen molar-refractivity contribution in [3.05, 3.63) is 47.0 Å². The maximum absolute atomic E-state index is 14.3. The van der Waals surface area contributed by atoms with E-state index >= 15 is 0 Å². The third-order valence-electron chi connectivity index (χ3n) is 3.48. The summed E-state index contributed by atoms with van der Waals surface area (Å²) in [5, 5.41) is 0. The predicted octanol–water partition coefficient (Wildman–Crippen LogP) is 3.93. The second-order valence-corrected chi connectivity index (χ2v) is 5.10. The van der Waals surface area contributed by atoms with Crippen LogP contribution in [0.15, 0.2) is 24.3 Å². The van der Waals surface area contributed by atoms with E-state index in [1.54, 1.807) is 0 Å². The van der Waals surface area contributed by atoms with Gasteiger partial charge in [0.15, 0.2) is 12.6 Å². The van der Waals surface area contributed by atoms with Gasteiger partial charge in [0, 0.05) is 11.4 Å². The molecule has 0 fully saturated rings. The van der Waals surface area contributed by atoms with Gasteiger partial charge in [-0.1, -0.05) is 0 Å². The Morgan fingerprint density at radius 1 is 0.760 bits per heavy atom. The quantitative estimate of drug-likeness (QED) is 0.598. The van der Waals surface area contributed by atoms with Crippen molar-refractivity contribution in [2.75, 3.05) is 0 Å². The summed E-state index contributed by atoms with van der Waals surface area (Å²) in [5.41, 5.74) is -2.10. The van der Waals surface area contributed by atoms with E-state index in [9.17, 15) is 40.3 Å². The molecule has 0 radical (unpaired) electrons. The molecule has 4 nitrogen and oxygen atoms in total. The van der Waals surface area contributed by atoms with E-state index in [-0.39, 0.29) is 24.0 Å². The van der Waals surface area contributed by atoms with Gasteiger partial charge in [0.2, 0.25) is 0 Å². The Kier molecular flexibility index (Phi) is 4.53. The predicted molar refractivity (Wildman–Crippen MR) is 70.2 cm³/mol. The van der Waals surface area contributed by atoms with Crippen LogP contribution in [0.1, 0.15) is 38.3 Å². The molecule has 0 aromatic carbocycles. The van der Waals surface area contributed by atoms with Crippen LogP contribution in [-0.2, 0) is 0 Å². The highest BCUT2D eigenvalue weighted by atomic mass is 19.4. The molecule has 0 aliphatic heterocycles. The van der Waals surface area contributed by atoms with Gasteiger partial charge in [-0.3, -0.25) is 9.59 Å². The lowest BCUT2D eigenvalue weighted by atomic mass is 9.89. The van der Waals surface area contributed by atoms with Gasteiger partial charge < -0.3 is 9.97 Å². The van der Waals surface area contributed by atoms with Crippen molar-refractivity contribution < 1.29 is 40.3 Å². The van der Waals surface area contributed by atoms with Crippen LogP contribution in [0.25, 0.3) is 0 Å². The van der Waals surface area contributed by atoms with Gasteiger partial charge in [-0.25, -0.2) is 0 Å². The largest absolute Gasteiger partial charge is 0.459 e. The Bertz CT molecular complexity index is 730. The summed E-state index contributed by atoms with van der Waals surface area (Å²) < 4.78 is 93.0. The molecule has 2 N–H and O–H groups in total. The molecule has 11 heteroatoms. The van der Waals surface area contributed by atoms with Crippen LogP contribution in [-0.4, -0.2) is 40.6 Å². The van der Waals surface area contributed by atoms with Crippen LogP contribution in [0.4, 0.5) is 30.7 Å². The Hall–Kier alpha value is -2.59. The Balaban J connectivity index is 2.65. The van der Waals surface area contributed by atoms with E-state index in [0.717, 1.165) is 24.3 Å². The summed E-state index contributed by atoms with van der Waals surface area (Å²) in [6.45, 7) is 0. The molecule has 2 aromatic rings. The number of hydrogen-bond acceptors (Lipinski definition) is 2. The van der Waals surface area contributed by atoms with Gasteiger partial charge in [0.05, 0.1) is 11.4 Å². The first-order chi connectivity index (χ1) is 11.5. The number of aldehydes is 2. The molecule has 0 saturated carbocycles. The maximum Gasteiger partial charge on any atom is 0.459 e. The van der Waals surface area contributed by atoms with E-state index in [0.29, 0.717) is 0 Å². The smallest absolute Gasteiger partial charge is 0.355 e. The zero-order valence-electron chi connectivity index (χ0n) is 12.0. The lowest BCUT2D eigenvalue weighted by molar-refractivity contribution is -0.357. The van der Waals surface area contributed by atoms with E-state index < -0.39 is 35.3 Å². The number of nitrogens with one attached hydrogen (secondary N) is 2. The number of hydrogen-bond donors (Lipinski definition) is 2. The second-order valence-electron chi connectivity index (χ2n) is 5.10. The zero-order valence-corrected chi connectivity index (χ0v) is 12.0. The Morgan fingerprint density at radius 3 is 1.44 bits per heavy atom. The summed E-state index contributed by atoms with van der Waals surface area (Å²) in [4.78, 5) is 25.4. The van der Waals surface area contributed by atoms with E-state index in [4.69, 9.17) is 0 Å². The van der Waals surface area contributed by atoms with Gasteiger partial charge in [-0.15, -0.1) is 0 Å². The van der Waals surface area contributed by atoms with Crippen LogP contribution in [0.3, 0.4) is 0 Å². The van der Waals surface area contributed by atoms with Gasteiger partial charge in [0.25, 0.3) is 0 Å². The first-order valence-corrected chi connectivity index (χ1v) is 6.56. The molecule has 2 heterocycles. The highest BCUT2D eigenvalue weighted by Gasteiger charge is 2.75.